The smallest absolute Gasteiger partial charge is 0.124 e. The number of unbranched alkanes of at least 4 members (excludes halogenated alkanes) is 3. The summed E-state index contributed by atoms with van der Waals surface area (Å²) in [5, 5.41) is 0. The van der Waals surface area contributed by atoms with Gasteiger partial charge in [0.05, 0.1) is 19.3 Å². The second kappa shape index (κ2) is 9.58. The fourth-order valence-electron chi connectivity index (χ4n) is 5.57. The van der Waals surface area contributed by atoms with E-state index in [-0.39, 0.29) is 12.7 Å². The maximum absolute atomic E-state index is 15.0. The average Bonchev–Trinajstić information content (AvgIpc) is 3.44. The molecule has 0 spiro atoms. The van der Waals surface area contributed by atoms with E-state index in [1.54, 1.807) is 0 Å². The number of nitrogens with zero attached hydrogens (tertiary/aromatic N) is 1. The Bertz CT molecular complexity index is 995. The van der Waals surface area contributed by atoms with Gasteiger partial charge in [-0.25, -0.2) is 4.39 Å². The molecule has 1 saturated carbocycles. The summed E-state index contributed by atoms with van der Waals surface area (Å²) in [6, 6.07) is 17.6. The highest BCUT2D eigenvalue weighted by molar-refractivity contribution is 5.79. The van der Waals surface area contributed by atoms with E-state index >= 15 is 0 Å². The van der Waals surface area contributed by atoms with E-state index in [9.17, 15) is 8.78 Å². The first-order valence-corrected chi connectivity index (χ1v) is 12.6. The van der Waals surface area contributed by atoms with E-state index in [0.29, 0.717) is 38.5 Å². The quantitative estimate of drug-likeness (QED) is 0.353. The van der Waals surface area contributed by atoms with Crippen molar-refractivity contribution in [3.63, 3.8) is 0 Å². The van der Waals surface area contributed by atoms with E-state index in [2.05, 4.69) is 60.4 Å². The molecule has 0 amide bonds. The Morgan fingerprint density at radius 1 is 1.00 bits per heavy atom. The van der Waals surface area contributed by atoms with Gasteiger partial charge in [0.2, 0.25) is 0 Å². The number of hydrogen-bond acceptors (Lipinski definition) is 2. The number of fused-ring (bicyclic) bond motifs is 2. The Balaban J connectivity index is 1.36. The lowest BCUT2D eigenvalue weighted by Gasteiger charge is -2.43. The summed E-state index contributed by atoms with van der Waals surface area (Å²) < 4.78 is 33.1. The highest BCUT2D eigenvalue weighted by Gasteiger charge is 2.48. The number of hydrogen-bond donors (Lipinski definition) is 0. The number of ether oxygens (including phenoxy) is 1. The van der Waals surface area contributed by atoms with Gasteiger partial charge in [-0.1, -0.05) is 42.8 Å². The Hall–Kier alpha value is -2.20. The minimum atomic E-state index is -1.01. The number of benzene rings is 2. The zero-order valence-electron chi connectivity index (χ0n) is 19.7. The number of halogens is 2. The SMILES string of the molecule is C[C@@H]1CC2=C(Cc3ccccc32)[C@@H](c2ccc(OCCCCCCF)cc2)N1CC1(F)CC1. The second-order valence-electron chi connectivity index (χ2n) is 10.1. The van der Waals surface area contributed by atoms with Crippen LogP contribution in [-0.4, -0.2) is 36.4 Å². The van der Waals surface area contributed by atoms with Crippen molar-refractivity contribution in [2.45, 2.75) is 76.0 Å². The van der Waals surface area contributed by atoms with E-state index in [1.807, 2.05) is 0 Å². The molecule has 2 aromatic carbocycles. The van der Waals surface area contributed by atoms with Crippen molar-refractivity contribution in [3.05, 3.63) is 70.8 Å². The van der Waals surface area contributed by atoms with Gasteiger partial charge < -0.3 is 4.74 Å². The van der Waals surface area contributed by atoms with Gasteiger partial charge in [0.15, 0.2) is 0 Å². The van der Waals surface area contributed by atoms with Crippen molar-refractivity contribution in [1.29, 1.82) is 0 Å². The van der Waals surface area contributed by atoms with Gasteiger partial charge in [0.1, 0.15) is 11.4 Å². The van der Waals surface area contributed by atoms with Gasteiger partial charge in [0, 0.05) is 12.6 Å². The van der Waals surface area contributed by atoms with Gasteiger partial charge in [-0.3, -0.25) is 9.29 Å². The zero-order chi connectivity index (χ0) is 22.8. The normalized spacial score (nSPS) is 23.4. The van der Waals surface area contributed by atoms with E-state index < -0.39 is 5.67 Å². The molecule has 2 aliphatic carbocycles. The van der Waals surface area contributed by atoms with Crippen LogP contribution < -0.4 is 4.74 Å². The van der Waals surface area contributed by atoms with Crippen LogP contribution in [-0.2, 0) is 6.42 Å². The van der Waals surface area contributed by atoms with Crippen molar-refractivity contribution in [3.8, 4) is 5.75 Å². The molecule has 5 rings (SSSR count). The molecule has 1 aliphatic heterocycles. The molecular weight excluding hydrogens is 416 g/mol. The van der Waals surface area contributed by atoms with Crippen molar-refractivity contribution in [1.82, 2.24) is 4.90 Å². The molecule has 176 valence electrons. The summed E-state index contributed by atoms with van der Waals surface area (Å²) in [7, 11) is 0. The van der Waals surface area contributed by atoms with Crippen molar-refractivity contribution in [2.24, 2.45) is 0 Å². The second-order valence-corrected chi connectivity index (χ2v) is 10.1. The van der Waals surface area contributed by atoms with Crippen LogP contribution in [0, 0.1) is 0 Å². The van der Waals surface area contributed by atoms with Gasteiger partial charge in [-0.15, -0.1) is 0 Å². The third-order valence-corrected chi connectivity index (χ3v) is 7.59. The van der Waals surface area contributed by atoms with E-state index in [0.717, 1.165) is 37.9 Å². The molecule has 0 unspecified atom stereocenters. The monoisotopic (exact) mass is 451 g/mol. The molecule has 2 aromatic rings. The van der Waals surface area contributed by atoms with Crippen LogP contribution in [0.1, 0.15) is 74.6 Å². The average molecular weight is 452 g/mol. The number of alkyl halides is 2. The summed E-state index contributed by atoms with van der Waals surface area (Å²) in [6.07, 6.45) is 6.83. The van der Waals surface area contributed by atoms with Gasteiger partial charge >= 0.3 is 0 Å². The molecule has 1 heterocycles. The largest absolute Gasteiger partial charge is 0.494 e. The van der Waals surface area contributed by atoms with Crippen molar-refractivity contribution >= 4 is 5.57 Å². The summed E-state index contributed by atoms with van der Waals surface area (Å²) in [6.45, 7) is 3.20. The molecule has 2 nitrogen and oxygen atoms in total. The highest BCUT2D eigenvalue weighted by atomic mass is 19.1. The molecule has 0 N–H and O–H groups in total. The molecule has 2 atom stereocenters. The maximum Gasteiger partial charge on any atom is 0.124 e. The summed E-state index contributed by atoms with van der Waals surface area (Å²) in [5.74, 6) is 0.868. The topological polar surface area (TPSA) is 12.5 Å². The van der Waals surface area contributed by atoms with Crippen molar-refractivity contribution < 1.29 is 13.5 Å². The summed E-state index contributed by atoms with van der Waals surface area (Å²) in [5.41, 5.74) is 5.91. The zero-order valence-corrected chi connectivity index (χ0v) is 19.7. The first kappa shape index (κ1) is 22.6. The molecule has 0 aromatic heterocycles. The molecule has 0 bridgehead atoms. The first-order chi connectivity index (χ1) is 16.1. The molecule has 33 heavy (non-hydrogen) atoms. The van der Waals surface area contributed by atoms with Gasteiger partial charge in [0.25, 0.3) is 0 Å². The van der Waals surface area contributed by atoms with Gasteiger partial charge in [-0.05, 0) is 91.8 Å². The predicted octanol–water partition coefficient (Wildman–Crippen LogP) is 7.24. The Morgan fingerprint density at radius 2 is 1.76 bits per heavy atom. The van der Waals surface area contributed by atoms with Crippen LogP contribution in [0.2, 0.25) is 0 Å². The Kier molecular flexibility index (Phi) is 6.56. The molecule has 1 fully saturated rings. The van der Waals surface area contributed by atoms with Gasteiger partial charge in [-0.2, -0.15) is 0 Å². The molecule has 4 heteroatoms. The number of rotatable bonds is 10. The van der Waals surface area contributed by atoms with Crippen LogP contribution in [0.25, 0.3) is 5.57 Å². The fraction of sp³-hybridized carbons (Fsp3) is 0.517. The Labute approximate surface area is 196 Å². The Morgan fingerprint density at radius 3 is 2.52 bits per heavy atom. The third-order valence-electron chi connectivity index (χ3n) is 7.59. The minimum absolute atomic E-state index is 0.110. The molecule has 0 radical (unpaired) electrons. The highest BCUT2D eigenvalue weighted by Crippen LogP contribution is 2.51. The summed E-state index contributed by atoms with van der Waals surface area (Å²) in [4.78, 5) is 2.42. The van der Waals surface area contributed by atoms with E-state index in [1.165, 1.54) is 27.8 Å². The van der Waals surface area contributed by atoms with Crippen LogP contribution in [0.15, 0.2) is 54.1 Å². The fourth-order valence-corrected chi connectivity index (χ4v) is 5.57. The van der Waals surface area contributed by atoms with Crippen LogP contribution >= 0.6 is 0 Å². The lowest BCUT2D eigenvalue weighted by molar-refractivity contribution is 0.101. The lowest BCUT2D eigenvalue weighted by atomic mass is 9.85. The molecule has 0 saturated heterocycles. The third kappa shape index (κ3) is 4.87. The maximum atomic E-state index is 15.0. The minimum Gasteiger partial charge on any atom is -0.494 e. The van der Waals surface area contributed by atoms with Crippen molar-refractivity contribution in [2.75, 3.05) is 19.8 Å². The van der Waals surface area contributed by atoms with E-state index in [4.69, 9.17) is 4.74 Å². The van der Waals surface area contributed by atoms with Crippen LogP contribution in [0.3, 0.4) is 0 Å². The molecular formula is C29H35F2NO. The predicted molar refractivity (Wildman–Crippen MR) is 130 cm³/mol. The van der Waals surface area contributed by atoms with Crippen LogP contribution in [0.4, 0.5) is 8.78 Å². The summed E-state index contributed by atoms with van der Waals surface area (Å²) >= 11 is 0. The standard InChI is InChI=1S/C29H35F2NO/c1-21-18-26-25-9-5-4-8-23(25)19-27(26)28(32(21)20-29(31)14-15-29)22-10-12-24(13-11-22)33-17-7-3-2-6-16-30/h4-5,8-13,21,28H,2-3,6-7,14-20H2,1H3/t21-,28-/m1/s1. The molecule has 3 aliphatic rings. The lowest BCUT2D eigenvalue weighted by Crippen LogP contribution is -2.44. The first-order valence-electron chi connectivity index (χ1n) is 12.6. The van der Waals surface area contributed by atoms with Crippen LogP contribution in [0.5, 0.6) is 5.75 Å².